The highest BCUT2D eigenvalue weighted by molar-refractivity contribution is 6.01. The van der Waals surface area contributed by atoms with Crippen molar-refractivity contribution >= 4 is 17.6 Å². The number of esters is 1. The van der Waals surface area contributed by atoms with Crippen molar-refractivity contribution in [2.45, 2.75) is 52.2 Å². The van der Waals surface area contributed by atoms with Gasteiger partial charge < -0.3 is 4.74 Å². The van der Waals surface area contributed by atoms with Gasteiger partial charge in [-0.1, -0.05) is 6.07 Å². The SMILES string of the molecule is CC(C(=O)OC(C)(C)C)N1C(=O)CCc2ccc(F)cc21. The highest BCUT2D eigenvalue weighted by Crippen LogP contribution is 2.30. The molecule has 1 aliphatic rings. The molecule has 5 heteroatoms. The number of rotatable bonds is 2. The van der Waals surface area contributed by atoms with Gasteiger partial charge in [0.1, 0.15) is 17.5 Å². The monoisotopic (exact) mass is 293 g/mol. The van der Waals surface area contributed by atoms with Crippen LogP contribution in [0, 0.1) is 5.82 Å². The molecule has 114 valence electrons. The van der Waals surface area contributed by atoms with Crippen molar-refractivity contribution in [2.24, 2.45) is 0 Å². The zero-order valence-corrected chi connectivity index (χ0v) is 12.8. The number of carbonyl (C=O) groups excluding carboxylic acids is 2. The van der Waals surface area contributed by atoms with Gasteiger partial charge in [-0.25, -0.2) is 9.18 Å². The first kappa shape index (κ1) is 15.5. The molecule has 0 N–H and O–H groups in total. The molecular formula is C16H20FNO3. The van der Waals surface area contributed by atoms with Crippen molar-refractivity contribution in [3.05, 3.63) is 29.6 Å². The largest absolute Gasteiger partial charge is 0.458 e. The Morgan fingerprint density at radius 1 is 1.33 bits per heavy atom. The normalized spacial score (nSPS) is 16.4. The molecule has 21 heavy (non-hydrogen) atoms. The molecule has 0 aliphatic carbocycles. The fourth-order valence-electron chi connectivity index (χ4n) is 2.39. The number of nitrogens with zero attached hydrogens (tertiary/aromatic N) is 1. The summed E-state index contributed by atoms with van der Waals surface area (Å²) in [6, 6.07) is 3.54. The Morgan fingerprint density at radius 2 is 2.00 bits per heavy atom. The molecule has 0 bridgehead atoms. The van der Waals surface area contributed by atoms with Crippen LogP contribution in [0.4, 0.5) is 10.1 Å². The lowest BCUT2D eigenvalue weighted by Gasteiger charge is -2.34. The van der Waals surface area contributed by atoms with Gasteiger partial charge in [0.05, 0.1) is 5.69 Å². The van der Waals surface area contributed by atoms with Gasteiger partial charge in [0.2, 0.25) is 5.91 Å². The van der Waals surface area contributed by atoms with Crippen molar-refractivity contribution in [3.8, 4) is 0 Å². The van der Waals surface area contributed by atoms with E-state index in [-0.39, 0.29) is 5.91 Å². The van der Waals surface area contributed by atoms with E-state index in [1.807, 2.05) is 0 Å². The minimum Gasteiger partial charge on any atom is -0.458 e. The third-order valence-electron chi connectivity index (χ3n) is 3.32. The molecule has 2 rings (SSSR count). The van der Waals surface area contributed by atoms with Crippen LogP contribution in [0.15, 0.2) is 18.2 Å². The maximum Gasteiger partial charge on any atom is 0.329 e. The van der Waals surface area contributed by atoms with Crippen LogP contribution in [0.3, 0.4) is 0 Å². The van der Waals surface area contributed by atoms with E-state index in [0.29, 0.717) is 18.5 Å². The van der Waals surface area contributed by atoms with Crippen LogP contribution in [0.1, 0.15) is 39.7 Å². The lowest BCUT2D eigenvalue weighted by atomic mass is 9.99. The second-order valence-corrected chi connectivity index (χ2v) is 6.25. The van der Waals surface area contributed by atoms with Crippen LogP contribution in [0.5, 0.6) is 0 Å². The van der Waals surface area contributed by atoms with Crippen LogP contribution < -0.4 is 4.90 Å². The zero-order valence-electron chi connectivity index (χ0n) is 12.8. The minimum atomic E-state index is -0.780. The summed E-state index contributed by atoms with van der Waals surface area (Å²) in [5, 5.41) is 0. The summed E-state index contributed by atoms with van der Waals surface area (Å²) < 4.78 is 18.8. The summed E-state index contributed by atoms with van der Waals surface area (Å²) >= 11 is 0. The molecule has 0 aromatic heterocycles. The van der Waals surface area contributed by atoms with Crippen LogP contribution in [-0.2, 0) is 20.7 Å². The average Bonchev–Trinajstić information content (AvgIpc) is 2.35. The molecule has 1 aromatic carbocycles. The van der Waals surface area contributed by atoms with Gasteiger partial charge in [0, 0.05) is 6.42 Å². The van der Waals surface area contributed by atoms with Crippen molar-refractivity contribution in [3.63, 3.8) is 0 Å². The predicted molar refractivity (Wildman–Crippen MR) is 77.5 cm³/mol. The molecule has 0 radical (unpaired) electrons. The van der Waals surface area contributed by atoms with E-state index in [1.54, 1.807) is 33.8 Å². The summed E-state index contributed by atoms with van der Waals surface area (Å²) in [4.78, 5) is 25.7. The summed E-state index contributed by atoms with van der Waals surface area (Å²) in [6.45, 7) is 6.90. The Morgan fingerprint density at radius 3 is 2.62 bits per heavy atom. The first-order chi connectivity index (χ1) is 9.69. The van der Waals surface area contributed by atoms with E-state index >= 15 is 0 Å². The van der Waals surface area contributed by atoms with Crippen molar-refractivity contribution in [2.75, 3.05) is 4.90 Å². The van der Waals surface area contributed by atoms with Gasteiger partial charge in [0.25, 0.3) is 0 Å². The summed E-state index contributed by atoms with van der Waals surface area (Å²) in [7, 11) is 0. The van der Waals surface area contributed by atoms with Crippen LogP contribution in [0.25, 0.3) is 0 Å². The number of halogens is 1. The molecule has 0 fully saturated rings. The van der Waals surface area contributed by atoms with Crippen molar-refractivity contribution in [1.82, 2.24) is 0 Å². The maximum atomic E-state index is 13.5. The van der Waals surface area contributed by atoms with E-state index in [2.05, 4.69) is 0 Å². The number of benzene rings is 1. The average molecular weight is 293 g/mol. The smallest absolute Gasteiger partial charge is 0.329 e. The summed E-state index contributed by atoms with van der Waals surface area (Å²) in [6.07, 6.45) is 0.873. The number of hydrogen-bond acceptors (Lipinski definition) is 3. The number of anilines is 1. The Kier molecular flexibility index (Phi) is 4.03. The van der Waals surface area contributed by atoms with E-state index in [0.717, 1.165) is 5.56 Å². The van der Waals surface area contributed by atoms with Gasteiger partial charge in [-0.15, -0.1) is 0 Å². The van der Waals surface area contributed by atoms with Crippen molar-refractivity contribution < 1.29 is 18.7 Å². The third kappa shape index (κ3) is 3.40. The number of aryl methyl sites for hydroxylation is 1. The highest BCUT2D eigenvalue weighted by atomic mass is 19.1. The van der Waals surface area contributed by atoms with Gasteiger partial charge in [-0.2, -0.15) is 0 Å². The Labute approximate surface area is 123 Å². The Balaban J connectivity index is 2.32. The molecule has 0 spiro atoms. The van der Waals surface area contributed by atoms with Crippen LogP contribution in [-0.4, -0.2) is 23.5 Å². The standard InChI is InChI=1S/C16H20FNO3/c1-10(15(20)21-16(2,3)4)18-13-9-12(17)7-5-11(13)6-8-14(18)19/h5,7,9-10H,6,8H2,1-4H3. The number of fused-ring (bicyclic) bond motifs is 1. The first-order valence-corrected chi connectivity index (χ1v) is 7.02. The highest BCUT2D eigenvalue weighted by Gasteiger charge is 2.34. The lowest BCUT2D eigenvalue weighted by Crippen LogP contribution is -2.48. The number of ether oxygens (including phenoxy) is 1. The van der Waals surface area contributed by atoms with Crippen LogP contribution >= 0.6 is 0 Å². The fraction of sp³-hybridized carbons (Fsp3) is 0.500. The molecule has 1 aromatic rings. The van der Waals surface area contributed by atoms with E-state index in [4.69, 9.17) is 4.74 Å². The second-order valence-electron chi connectivity index (χ2n) is 6.25. The molecule has 0 saturated heterocycles. The number of hydrogen-bond donors (Lipinski definition) is 0. The quantitative estimate of drug-likeness (QED) is 0.788. The molecule has 1 heterocycles. The molecule has 4 nitrogen and oxygen atoms in total. The van der Waals surface area contributed by atoms with Crippen molar-refractivity contribution in [1.29, 1.82) is 0 Å². The third-order valence-corrected chi connectivity index (χ3v) is 3.32. The van der Waals surface area contributed by atoms with Gasteiger partial charge in [-0.3, -0.25) is 9.69 Å². The molecule has 0 saturated carbocycles. The molecule has 1 atom stereocenters. The zero-order chi connectivity index (χ0) is 15.8. The second kappa shape index (κ2) is 5.47. The summed E-state index contributed by atoms with van der Waals surface area (Å²) in [5.41, 5.74) is 0.700. The molecule has 1 aliphatic heterocycles. The van der Waals surface area contributed by atoms with E-state index in [9.17, 15) is 14.0 Å². The Hall–Kier alpha value is -1.91. The minimum absolute atomic E-state index is 0.188. The topological polar surface area (TPSA) is 46.6 Å². The van der Waals surface area contributed by atoms with Crippen LogP contribution in [0.2, 0.25) is 0 Å². The summed E-state index contributed by atoms with van der Waals surface area (Å²) in [5.74, 6) is -1.11. The van der Waals surface area contributed by atoms with E-state index in [1.165, 1.54) is 17.0 Å². The first-order valence-electron chi connectivity index (χ1n) is 7.02. The van der Waals surface area contributed by atoms with E-state index < -0.39 is 23.4 Å². The number of carbonyl (C=O) groups is 2. The predicted octanol–water partition coefficient (Wildman–Crippen LogP) is 2.84. The van der Waals surface area contributed by atoms with Gasteiger partial charge >= 0.3 is 5.97 Å². The van der Waals surface area contributed by atoms with Gasteiger partial charge in [0.15, 0.2) is 0 Å². The maximum absolute atomic E-state index is 13.5. The van der Waals surface area contributed by atoms with Gasteiger partial charge in [-0.05, 0) is 51.8 Å². The molecular weight excluding hydrogens is 273 g/mol. The fourth-order valence-corrected chi connectivity index (χ4v) is 2.39. The molecule has 1 unspecified atom stereocenters. The Bertz CT molecular complexity index is 577. The molecule has 1 amide bonds. The number of amides is 1. The lowest BCUT2D eigenvalue weighted by molar-refractivity contribution is -0.156.